The molecule has 4 heteroatoms. The van der Waals surface area contributed by atoms with E-state index in [9.17, 15) is 4.39 Å². The number of hydrogen-bond acceptors (Lipinski definition) is 2. The van der Waals surface area contributed by atoms with Crippen LogP contribution in [0.5, 0.6) is 0 Å². The first kappa shape index (κ1) is 14.7. The third-order valence-electron chi connectivity index (χ3n) is 3.17. The predicted octanol–water partition coefficient (Wildman–Crippen LogP) is 4.97. The minimum absolute atomic E-state index is 0.0834. The predicted molar refractivity (Wildman–Crippen MR) is 83.4 cm³/mol. The molecule has 2 rings (SSSR count). The van der Waals surface area contributed by atoms with E-state index in [0.29, 0.717) is 10.0 Å². The van der Waals surface area contributed by atoms with Gasteiger partial charge in [0.25, 0.3) is 0 Å². The molecule has 0 aliphatic heterocycles. The Bertz CT molecular complexity index is 560. The summed E-state index contributed by atoms with van der Waals surface area (Å²) in [5, 5.41) is 3.37. The number of thiophene rings is 1. The smallest absolute Gasteiger partial charge is 0.142 e. The summed E-state index contributed by atoms with van der Waals surface area (Å²) in [5.41, 5.74) is 1.95. The molecule has 0 bridgehead atoms. The number of hydrogen-bond donors (Lipinski definition) is 1. The van der Waals surface area contributed by atoms with Gasteiger partial charge in [0.1, 0.15) is 5.82 Å². The van der Waals surface area contributed by atoms with Gasteiger partial charge in [0.2, 0.25) is 0 Å². The van der Waals surface area contributed by atoms with Crippen LogP contribution < -0.4 is 5.32 Å². The average molecular weight is 342 g/mol. The number of rotatable bonds is 4. The molecule has 0 aliphatic carbocycles. The number of benzene rings is 1. The largest absolute Gasteiger partial charge is 0.306 e. The standard InChI is InChI=1S/C15H17BrFNS/c1-4-18-15(13-8-9(2)10(3)19-13)11-6-5-7-12(16)14(11)17/h5-8,15,18H,4H2,1-3H3. The van der Waals surface area contributed by atoms with E-state index in [0.717, 1.165) is 11.4 Å². The van der Waals surface area contributed by atoms with Gasteiger partial charge in [0.15, 0.2) is 0 Å². The van der Waals surface area contributed by atoms with Crippen LogP contribution in [0, 0.1) is 19.7 Å². The maximum Gasteiger partial charge on any atom is 0.142 e. The number of aryl methyl sites for hydroxylation is 2. The second-order valence-electron chi connectivity index (χ2n) is 4.52. The summed E-state index contributed by atoms with van der Waals surface area (Å²) in [6.45, 7) is 7.03. The average Bonchev–Trinajstić information content (AvgIpc) is 2.70. The van der Waals surface area contributed by atoms with Gasteiger partial charge in [-0.3, -0.25) is 0 Å². The Morgan fingerprint density at radius 3 is 2.68 bits per heavy atom. The van der Waals surface area contributed by atoms with Gasteiger partial charge in [0, 0.05) is 15.3 Å². The highest BCUT2D eigenvalue weighted by molar-refractivity contribution is 9.10. The molecule has 0 amide bonds. The van der Waals surface area contributed by atoms with E-state index in [1.165, 1.54) is 10.4 Å². The van der Waals surface area contributed by atoms with Crippen molar-refractivity contribution in [1.29, 1.82) is 0 Å². The van der Waals surface area contributed by atoms with E-state index in [1.54, 1.807) is 17.4 Å². The minimum Gasteiger partial charge on any atom is -0.306 e. The van der Waals surface area contributed by atoms with Gasteiger partial charge >= 0.3 is 0 Å². The van der Waals surface area contributed by atoms with E-state index >= 15 is 0 Å². The molecule has 0 spiro atoms. The molecule has 1 aromatic heterocycles. The quantitative estimate of drug-likeness (QED) is 0.828. The van der Waals surface area contributed by atoms with E-state index in [4.69, 9.17) is 0 Å². The SMILES string of the molecule is CCNC(c1cc(C)c(C)s1)c1cccc(Br)c1F. The Kier molecular flexibility index (Phi) is 4.76. The van der Waals surface area contributed by atoms with Gasteiger partial charge in [-0.1, -0.05) is 19.1 Å². The first-order valence-electron chi connectivity index (χ1n) is 6.28. The topological polar surface area (TPSA) is 12.0 Å². The van der Waals surface area contributed by atoms with Crippen LogP contribution in [0.2, 0.25) is 0 Å². The molecule has 1 aromatic carbocycles. The van der Waals surface area contributed by atoms with E-state index in [2.05, 4.69) is 41.2 Å². The summed E-state index contributed by atoms with van der Waals surface area (Å²) < 4.78 is 14.8. The van der Waals surface area contributed by atoms with Crippen molar-refractivity contribution < 1.29 is 4.39 Å². The minimum atomic E-state index is -0.183. The lowest BCUT2D eigenvalue weighted by Crippen LogP contribution is -2.22. The monoisotopic (exact) mass is 341 g/mol. The van der Waals surface area contributed by atoms with E-state index in [1.807, 2.05) is 19.1 Å². The van der Waals surface area contributed by atoms with E-state index in [-0.39, 0.29) is 11.9 Å². The Labute approximate surface area is 126 Å². The summed E-state index contributed by atoms with van der Waals surface area (Å²) >= 11 is 4.99. The van der Waals surface area contributed by atoms with Crippen molar-refractivity contribution in [3.05, 3.63) is 55.4 Å². The van der Waals surface area contributed by atoms with Crippen LogP contribution >= 0.6 is 27.3 Å². The summed E-state index contributed by atoms with van der Waals surface area (Å²) in [5.74, 6) is -0.183. The maximum absolute atomic E-state index is 14.3. The lowest BCUT2D eigenvalue weighted by Gasteiger charge is -2.18. The lowest BCUT2D eigenvalue weighted by molar-refractivity contribution is 0.558. The molecule has 1 nitrogen and oxygen atoms in total. The van der Waals surface area contributed by atoms with Crippen LogP contribution in [0.3, 0.4) is 0 Å². The van der Waals surface area contributed by atoms with Crippen molar-refractivity contribution in [3.63, 3.8) is 0 Å². The molecule has 102 valence electrons. The molecule has 2 aromatic rings. The van der Waals surface area contributed by atoms with Gasteiger partial charge in [-0.2, -0.15) is 0 Å². The fourth-order valence-corrected chi connectivity index (χ4v) is 3.57. The molecule has 19 heavy (non-hydrogen) atoms. The number of nitrogens with one attached hydrogen (secondary N) is 1. The fraction of sp³-hybridized carbons (Fsp3) is 0.333. The zero-order chi connectivity index (χ0) is 14.0. The maximum atomic E-state index is 14.3. The van der Waals surface area contributed by atoms with Crippen molar-refractivity contribution in [2.24, 2.45) is 0 Å². The van der Waals surface area contributed by atoms with Crippen LogP contribution in [0.25, 0.3) is 0 Å². The molecule has 1 heterocycles. The third-order valence-corrected chi connectivity index (χ3v) is 5.00. The highest BCUT2D eigenvalue weighted by atomic mass is 79.9. The first-order valence-corrected chi connectivity index (χ1v) is 7.89. The fourth-order valence-electron chi connectivity index (χ4n) is 2.06. The van der Waals surface area contributed by atoms with E-state index < -0.39 is 0 Å². The molecule has 0 saturated heterocycles. The van der Waals surface area contributed by atoms with Gasteiger partial charge in [0.05, 0.1) is 10.5 Å². The van der Waals surface area contributed by atoms with Crippen molar-refractivity contribution in [3.8, 4) is 0 Å². The second-order valence-corrected chi connectivity index (χ2v) is 6.66. The van der Waals surface area contributed by atoms with Crippen LogP contribution in [0.4, 0.5) is 4.39 Å². The van der Waals surface area contributed by atoms with Crippen molar-refractivity contribution in [1.82, 2.24) is 5.32 Å². The third kappa shape index (κ3) is 3.07. The molecule has 1 unspecified atom stereocenters. The highest BCUT2D eigenvalue weighted by Crippen LogP contribution is 2.33. The molecule has 0 fully saturated rings. The van der Waals surface area contributed by atoms with Crippen molar-refractivity contribution >= 4 is 27.3 Å². The van der Waals surface area contributed by atoms with Gasteiger partial charge in [-0.25, -0.2) is 4.39 Å². The van der Waals surface area contributed by atoms with Crippen LogP contribution in [0.15, 0.2) is 28.7 Å². The Morgan fingerprint density at radius 1 is 1.37 bits per heavy atom. The Balaban J connectivity index is 2.48. The van der Waals surface area contributed by atoms with Gasteiger partial charge in [-0.05, 0) is 54.0 Å². The summed E-state index contributed by atoms with van der Waals surface area (Å²) in [6, 6.07) is 7.51. The van der Waals surface area contributed by atoms with Crippen LogP contribution in [-0.4, -0.2) is 6.54 Å². The molecule has 1 atom stereocenters. The van der Waals surface area contributed by atoms with Crippen LogP contribution in [0.1, 0.15) is 33.8 Å². The Hall–Kier alpha value is -0.710. The van der Waals surface area contributed by atoms with Crippen molar-refractivity contribution in [2.45, 2.75) is 26.8 Å². The molecule has 0 saturated carbocycles. The zero-order valence-corrected chi connectivity index (χ0v) is 13.7. The Morgan fingerprint density at radius 2 is 2.11 bits per heavy atom. The normalized spacial score (nSPS) is 12.7. The summed E-state index contributed by atoms with van der Waals surface area (Å²) in [7, 11) is 0. The van der Waals surface area contributed by atoms with Gasteiger partial charge < -0.3 is 5.32 Å². The highest BCUT2D eigenvalue weighted by Gasteiger charge is 2.20. The second kappa shape index (κ2) is 6.16. The molecular formula is C15H17BrFNS. The zero-order valence-electron chi connectivity index (χ0n) is 11.3. The lowest BCUT2D eigenvalue weighted by atomic mass is 10.0. The first-order chi connectivity index (χ1) is 9.04. The molecule has 0 aliphatic rings. The summed E-state index contributed by atoms with van der Waals surface area (Å²) in [6.07, 6.45) is 0. The van der Waals surface area contributed by atoms with Crippen molar-refractivity contribution in [2.75, 3.05) is 6.54 Å². The van der Waals surface area contributed by atoms with Crippen LogP contribution in [-0.2, 0) is 0 Å². The molecule has 0 radical (unpaired) electrons. The molecular weight excluding hydrogens is 325 g/mol. The molecule has 1 N–H and O–H groups in total. The summed E-state index contributed by atoms with van der Waals surface area (Å²) in [4.78, 5) is 2.45. The van der Waals surface area contributed by atoms with Gasteiger partial charge in [-0.15, -0.1) is 11.3 Å². The number of halogens is 2.